The van der Waals surface area contributed by atoms with Crippen LogP contribution in [0.4, 0.5) is 5.69 Å². The first-order valence-corrected chi connectivity index (χ1v) is 18.5. The van der Waals surface area contributed by atoms with Crippen LogP contribution in [0.5, 0.6) is 17.2 Å². The van der Waals surface area contributed by atoms with E-state index < -0.39 is 11.2 Å². The fourth-order valence-electron chi connectivity index (χ4n) is 7.08. The molecule has 1 aromatic heterocycles. The van der Waals surface area contributed by atoms with Gasteiger partial charge in [0.2, 0.25) is 5.75 Å². The second-order valence-corrected chi connectivity index (χ2v) is 13.4. The van der Waals surface area contributed by atoms with Gasteiger partial charge in [-0.25, -0.2) is 4.79 Å². The van der Waals surface area contributed by atoms with E-state index in [2.05, 4.69) is 58.4 Å². The highest BCUT2D eigenvalue weighted by Gasteiger charge is 2.25. The predicted octanol–water partition coefficient (Wildman–Crippen LogP) is 6.53. The third kappa shape index (κ3) is 8.92. The van der Waals surface area contributed by atoms with E-state index in [-0.39, 0.29) is 35.4 Å². The number of likely N-dealkylation sites (N-methyl/N-ethyl adjacent to an activating group) is 1. The fourth-order valence-corrected chi connectivity index (χ4v) is 7.08. The van der Waals surface area contributed by atoms with E-state index in [4.69, 9.17) is 14.2 Å². The molecule has 11 nitrogen and oxygen atoms in total. The van der Waals surface area contributed by atoms with Crippen LogP contribution in [0.15, 0.2) is 107 Å². The summed E-state index contributed by atoms with van der Waals surface area (Å²) < 4.78 is 18.8. The maximum atomic E-state index is 13.3. The Hall–Kier alpha value is -5.65. The second kappa shape index (κ2) is 17.9. The smallest absolute Gasteiger partial charge is 0.328 e. The number of aromatic nitrogens is 2. The predicted molar refractivity (Wildman–Crippen MR) is 212 cm³/mol. The highest BCUT2D eigenvalue weighted by Crippen LogP contribution is 2.37. The molecule has 2 heterocycles. The summed E-state index contributed by atoms with van der Waals surface area (Å²) >= 11 is 0. The first kappa shape index (κ1) is 38.1. The standard InChI is InChI=1S/C43H48N4O7/c1-4-46(39(48)20-17-30-27-37(52-2)40(49)38(28-30)53-3)33-18-19-36-35(29-33)42(50)44-43(51)47(36)24-12-11-23-45-25-21-34(22-26-45)54-41(31-13-7-5-8-14-31)32-15-9-6-10-16-32/h5-10,13-20,27-29,34,41,49H,4,11-12,21-26H2,1-3H3,(H,44,50,51). The maximum Gasteiger partial charge on any atom is 0.328 e. The van der Waals surface area contributed by atoms with Crippen molar-refractivity contribution in [1.82, 2.24) is 14.5 Å². The van der Waals surface area contributed by atoms with E-state index >= 15 is 0 Å². The van der Waals surface area contributed by atoms with Gasteiger partial charge in [-0.05, 0) is 92.2 Å². The number of benzene rings is 4. The number of nitrogens with one attached hydrogen (secondary N) is 1. The number of ether oxygens (including phenoxy) is 3. The molecule has 0 saturated carbocycles. The molecule has 1 fully saturated rings. The number of phenols is 1. The number of carbonyl (C=O) groups excluding carboxylic acids is 1. The molecular weight excluding hydrogens is 684 g/mol. The Morgan fingerprint density at radius 3 is 2.09 bits per heavy atom. The number of fused-ring (bicyclic) bond motifs is 1. The lowest BCUT2D eigenvalue weighted by Crippen LogP contribution is -2.38. The molecule has 1 aliphatic heterocycles. The molecule has 1 saturated heterocycles. The third-order valence-electron chi connectivity index (χ3n) is 9.97. The molecule has 5 aromatic rings. The van der Waals surface area contributed by atoms with Gasteiger partial charge in [-0.3, -0.25) is 19.1 Å². The van der Waals surface area contributed by atoms with Crippen molar-refractivity contribution in [2.75, 3.05) is 45.3 Å². The summed E-state index contributed by atoms with van der Waals surface area (Å²) in [5, 5.41) is 10.5. The number of phenolic OH excluding ortho intramolecular Hbond substituents is 1. The minimum atomic E-state index is -0.498. The number of aryl methyl sites for hydroxylation is 1. The van der Waals surface area contributed by atoms with Crippen LogP contribution in [0.2, 0.25) is 0 Å². The molecule has 1 amide bonds. The third-order valence-corrected chi connectivity index (χ3v) is 9.97. The summed E-state index contributed by atoms with van der Waals surface area (Å²) in [5.74, 6) is -0.000588. The number of methoxy groups -OCH3 is 2. The minimum absolute atomic E-state index is 0.0976. The molecule has 6 rings (SSSR count). The van der Waals surface area contributed by atoms with Gasteiger partial charge in [0, 0.05) is 37.9 Å². The number of amides is 1. The van der Waals surface area contributed by atoms with Crippen LogP contribution < -0.4 is 25.6 Å². The molecule has 0 radical (unpaired) electrons. The Bertz CT molecular complexity index is 2110. The van der Waals surface area contributed by atoms with Crippen LogP contribution in [0.1, 0.15) is 55.4 Å². The Morgan fingerprint density at radius 2 is 1.50 bits per heavy atom. The topological polar surface area (TPSA) is 126 Å². The molecule has 0 aliphatic carbocycles. The minimum Gasteiger partial charge on any atom is -0.502 e. The summed E-state index contributed by atoms with van der Waals surface area (Å²) in [4.78, 5) is 45.8. The first-order chi connectivity index (χ1) is 26.3. The Morgan fingerprint density at radius 1 is 0.889 bits per heavy atom. The van der Waals surface area contributed by atoms with E-state index in [1.54, 1.807) is 41.0 Å². The van der Waals surface area contributed by atoms with Gasteiger partial charge < -0.3 is 29.1 Å². The Balaban J connectivity index is 1.05. The van der Waals surface area contributed by atoms with Crippen molar-refractivity contribution in [3.63, 3.8) is 0 Å². The van der Waals surface area contributed by atoms with Gasteiger partial charge in [-0.2, -0.15) is 0 Å². The molecule has 0 bridgehead atoms. The highest BCUT2D eigenvalue weighted by molar-refractivity contribution is 6.04. The van der Waals surface area contributed by atoms with Crippen molar-refractivity contribution in [1.29, 1.82) is 0 Å². The molecule has 1 aliphatic rings. The molecule has 54 heavy (non-hydrogen) atoms. The summed E-state index contributed by atoms with van der Waals surface area (Å²) in [6.45, 7) is 5.46. The van der Waals surface area contributed by atoms with E-state index in [1.165, 1.54) is 25.2 Å². The van der Waals surface area contributed by atoms with Crippen LogP contribution in [0, 0.1) is 0 Å². The number of aromatic hydroxyl groups is 1. The highest BCUT2D eigenvalue weighted by atomic mass is 16.5. The van der Waals surface area contributed by atoms with Crippen LogP contribution in [-0.4, -0.2) is 72.0 Å². The number of likely N-dealkylation sites (tertiary alicyclic amines) is 1. The number of nitrogens with zero attached hydrogens (tertiary/aromatic N) is 3. The zero-order valence-electron chi connectivity index (χ0n) is 31.1. The lowest BCUT2D eigenvalue weighted by Gasteiger charge is -2.34. The van der Waals surface area contributed by atoms with Crippen molar-refractivity contribution in [2.45, 2.75) is 51.4 Å². The van der Waals surface area contributed by atoms with Gasteiger partial charge in [0.25, 0.3) is 11.5 Å². The van der Waals surface area contributed by atoms with E-state index in [0.717, 1.165) is 56.4 Å². The zero-order valence-corrected chi connectivity index (χ0v) is 31.1. The zero-order chi connectivity index (χ0) is 38.0. The number of rotatable bonds is 15. The number of hydrogen-bond acceptors (Lipinski definition) is 8. The average Bonchev–Trinajstić information content (AvgIpc) is 3.20. The van der Waals surface area contributed by atoms with Gasteiger partial charge >= 0.3 is 5.69 Å². The Labute approximate surface area is 315 Å². The Kier molecular flexibility index (Phi) is 12.6. The summed E-state index contributed by atoms with van der Waals surface area (Å²) in [7, 11) is 2.87. The molecule has 0 unspecified atom stereocenters. The quantitative estimate of drug-likeness (QED) is 0.0920. The van der Waals surface area contributed by atoms with Crippen LogP contribution in [0.25, 0.3) is 17.0 Å². The number of unbranched alkanes of at least 4 members (excludes halogenated alkanes) is 1. The van der Waals surface area contributed by atoms with Gasteiger partial charge in [-0.15, -0.1) is 0 Å². The summed E-state index contributed by atoms with van der Waals surface area (Å²) in [6.07, 6.45) is 6.66. The molecule has 4 aromatic carbocycles. The number of piperidine rings is 1. The second-order valence-electron chi connectivity index (χ2n) is 13.4. The van der Waals surface area contributed by atoms with E-state index in [9.17, 15) is 19.5 Å². The molecule has 0 atom stereocenters. The summed E-state index contributed by atoms with van der Waals surface area (Å²) in [5.41, 5.74) is 3.02. The summed E-state index contributed by atoms with van der Waals surface area (Å²) in [6, 6.07) is 29.1. The molecular formula is C43H48N4O7. The molecule has 282 valence electrons. The number of aromatic amines is 1. The van der Waals surface area contributed by atoms with Crippen LogP contribution >= 0.6 is 0 Å². The average molecular weight is 733 g/mol. The van der Waals surface area contributed by atoms with Crippen molar-refractivity contribution in [3.8, 4) is 17.2 Å². The van der Waals surface area contributed by atoms with E-state index in [1.807, 2.05) is 19.1 Å². The van der Waals surface area contributed by atoms with Gasteiger partial charge in [0.1, 0.15) is 6.10 Å². The van der Waals surface area contributed by atoms with Gasteiger partial charge in [0.15, 0.2) is 11.5 Å². The molecule has 2 N–H and O–H groups in total. The van der Waals surface area contributed by atoms with Crippen molar-refractivity contribution in [3.05, 3.63) is 135 Å². The first-order valence-electron chi connectivity index (χ1n) is 18.5. The number of carbonyl (C=O) groups is 1. The number of H-pyrrole nitrogens is 1. The maximum absolute atomic E-state index is 13.3. The lowest BCUT2D eigenvalue weighted by atomic mass is 10.00. The van der Waals surface area contributed by atoms with Gasteiger partial charge in [-0.1, -0.05) is 60.7 Å². The van der Waals surface area contributed by atoms with E-state index in [0.29, 0.717) is 35.2 Å². The van der Waals surface area contributed by atoms with Crippen molar-refractivity contribution >= 4 is 28.6 Å². The largest absolute Gasteiger partial charge is 0.502 e. The molecule has 11 heteroatoms. The van der Waals surface area contributed by atoms with Crippen LogP contribution in [-0.2, 0) is 16.1 Å². The van der Waals surface area contributed by atoms with Crippen molar-refractivity contribution in [2.24, 2.45) is 0 Å². The lowest BCUT2D eigenvalue weighted by molar-refractivity contribution is -0.114. The number of hydrogen-bond donors (Lipinski definition) is 2. The SMILES string of the molecule is CCN(C(=O)C=Cc1cc(OC)c(O)c(OC)c1)c1ccc2c(c1)c(=O)[nH]c(=O)n2CCCCN1CCC(OC(c2ccccc2)c2ccccc2)CC1. The van der Waals surface area contributed by atoms with Crippen LogP contribution in [0.3, 0.4) is 0 Å². The molecule has 0 spiro atoms. The van der Waals surface area contributed by atoms with Gasteiger partial charge in [0.05, 0.1) is 31.2 Å². The van der Waals surface area contributed by atoms with Crippen molar-refractivity contribution < 1.29 is 24.1 Å². The monoisotopic (exact) mass is 732 g/mol. The normalized spacial score (nSPS) is 13.9. The number of anilines is 1. The fraction of sp³-hybridized carbons (Fsp3) is 0.326.